The third-order valence-electron chi connectivity index (χ3n) is 6.11. The average molecular weight is 458 g/mol. The highest BCUT2D eigenvalue weighted by atomic mass is 16.5. The SMILES string of the molecule is O=C(NCC(=O)N1CCOc2c(C(=O)O)cccc21)OCC1c2ccccc2-c2ccccc21. The largest absolute Gasteiger partial charge is 0.489 e. The summed E-state index contributed by atoms with van der Waals surface area (Å²) in [5.74, 6) is -1.45. The van der Waals surface area contributed by atoms with Crippen LogP contribution in [0.5, 0.6) is 5.75 Å². The van der Waals surface area contributed by atoms with Gasteiger partial charge in [0.1, 0.15) is 25.3 Å². The molecule has 3 aromatic carbocycles. The first-order valence-electron chi connectivity index (χ1n) is 10.9. The molecule has 0 fully saturated rings. The number of hydrogen-bond acceptors (Lipinski definition) is 5. The molecule has 0 unspecified atom stereocenters. The van der Waals surface area contributed by atoms with E-state index in [-0.39, 0.29) is 49.4 Å². The van der Waals surface area contributed by atoms with Crippen molar-refractivity contribution in [3.8, 4) is 16.9 Å². The fourth-order valence-electron chi connectivity index (χ4n) is 4.57. The number of amides is 2. The van der Waals surface area contributed by atoms with Crippen LogP contribution in [-0.2, 0) is 9.53 Å². The van der Waals surface area contributed by atoms with Gasteiger partial charge in [-0.3, -0.25) is 4.79 Å². The molecular formula is C26H22N2O6. The van der Waals surface area contributed by atoms with Crippen LogP contribution in [0.3, 0.4) is 0 Å². The number of para-hydroxylation sites is 1. The smallest absolute Gasteiger partial charge is 0.407 e. The minimum atomic E-state index is -1.14. The molecule has 0 atom stereocenters. The monoisotopic (exact) mass is 458 g/mol. The molecule has 172 valence electrons. The third kappa shape index (κ3) is 3.83. The molecule has 2 aliphatic rings. The Morgan fingerprint density at radius 3 is 2.32 bits per heavy atom. The van der Waals surface area contributed by atoms with E-state index < -0.39 is 12.1 Å². The van der Waals surface area contributed by atoms with Gasteiger partial charge in [0.05, 0.1) is 12.2 Å². The Morgan fingerprint density at radius 2 is 1.65 bits per heavy atom. The van der Waals surface area contributed by atoms with Gasteiger partial charge in [-0.25, -0.2) is 9.59 Å². The number of carbonyl (C=O) groups excluding carboxylic acids is 2. The van der Waals surface area contributed by atoms with Crippen molar-refractivity contribution in [3.05, 3.63) is 83.4 Å². The molecule has 8 nitrogen and oxygen atoms in total. The molecule has 3 aromatic rings. The number of aromatic carboxylic acids is 1. The molecule has 0 bridgehead atoms. The summed E-state index contributed by atoms with van der Waals surface area (Å²) in [6.07, 6.45) is -0.692. The Balaban J connectivity index is 1.22. The van der Waals surface area contributed by atoms with Crippen LogP contribution in [-0.4, -0.2) is 49.4 Å². The van der Waals surface area contributed by atoms with Gasteiger partial charge in [0.25, 0.3) is 0 Å². The van der Waals surface area contributed by atoms with E-state index in [2.05, 4.69) is 17.4 Å². The van der Waals surface area contributed by atoms with Crippen LogP contribution in [0.1, 0.15) is 27.4 Å². The number of nitrogens with zero attached hydrogens (tertiary/aromatic N) is 1. The molecule has 0 spiro atoms. The van der Waals surface area contributed by atoms with Gasteiger partial charge in [0.2, 0.25) is 5.91 Å². The average Bonchev–Trinajstić information content (AvgIpc) is 3.19. The molecule has 0 aromatic heterocycles. The predicted octanol–water partition coefficient (Wildman–Crippen LogP) is 3.65. The summed E-state index contributed by atoms with van der Waals surface area (Å²) in [7, 11) is 0. The molecule has 2 N–H and O–H groups in total. The molecule has 34 heavy (non-hydrogen) atoms. The number of rotatable bonds is 5. The maximum atomic E-state index is 12.8. The summed E-state index contributed by atoms with van der Waals surface area (Å²) in [6, 6.07) is 20.7. The maximum absolute atomic E-state index is 12.8. The number of carboxylic acids is 1. The van der Waals surface area contributed by atoms with Crippen LogP contribution in [0.15, 0.2) is 66.7 Å². The summed E-state index contributed by atoms with van der Waals surface area (Å²) in [5, 5.41) is 11.9. The van der Waals surface area contributed by atoms with E-state index in [0.29, 0.717) is 5.69 Å². The van der Waals surface area contributed by atoms with Crippen molar-refractivity contribution in [2.75, 3.05) is 31.2 Å². The highest BCUT2D eigenvalue weighted by Crippen LogP contribution is 2.44. The quantitative estimate of drug-likeness (QED) is 0.605. The van der Waals surface area contributed by atoms with Crippen molar-refractivity contribution in [2.45, 2.75) is 5.92 Å². The number of ether oxygens (including phenoxy) is 2. The van der Waals surface area contributed by atoms with E-state index in [9.17, 15) is 19.5 Å². The molecule has 2 amide bonds. The lowest BCUT2D eigenvalue weighted by molar-refractivity contribution is -0.118. The normalized spacial score (nSPS) is 13.8. The van der Waals surface area contributed by atoms with Crippen LogP contribution in [0, 0.1) is 0 Å². The first-order valence-corrected chi connectivity index (χ1v) is 10.9. The van der Waals surface area contributed by atoms with E-state index in [4.69, 9.17) is 9.47 Å². The lowest BCUT2D eigenvalue weighted by atomic mass is 9.98. The van der Waals surface area contributed by atoms with Crippen molar-refractivity contribution in [3.63, 3.8) is 0 Å². The van der Waals surface area contributed by atoms with Gasteiger partial charge < -0.3 is 24.8 Å². The number of carbonyl (C=O) groups is 3. The molecular weight excluding hydrogens is 436 g/mol. The van der Waals surface area contributed by atoms with Crippen LogP contribution in [0.4, 0.5) is 10.5 Å². The maximum Gasteiger partial charge on any atom is 0.407 e. The number of carboxylic acid groups (broad SMARTS) is 1. The van der Waals surface area contributed by atoms with Crippen molar-refractivity contribution < 1.29 is 29.0 Å². The number of anilines is 1. The summed E-state index contributed by atoms with van der Waals surface area (Å²) >= 11 is 0. The van der Waals surface area contributed by atoms with E-state index in [1.165, 1.54) is 11.0 Å². The molecule has 8 heteroatoms. The number of fused-ring (bicyclic) bond motifs is 4. The molecule has 0 saturated carbocycles. The lowest BCUT2D eigenvalue weighted by Gasteiger charge is -2.30. The van der Waals surface area contributed by atoms with Crippen LogP contribution in [0.25, 0.3) is 11.1 Å². The predicted molar refractivity (Wildman–Crippen MR) is 124 cm³/mol. The first kappa shape index (κ1) is 21.5. The van der Waals surface area contributed by atoms with E-state index in [1.54, 1.807) is 12.1 Å². The number of hydrogen-bond donors (Lipinski definition) is 2. The molecule has 1 aliphatic heterocycles. The van der Waals surface area contributed by atoms with Crippen molar-refractivity contribution in [1.29, 1.82) is 0 Å². The van der Waals surface area contributed by atoms with Gasteiger partial charge in [0.15, 0.2) is 5.75 Å². The fraction of sp³-hybridized carbons (Fsp3) is 0.192. The van der Waals surface area contributed by atoms with Crippen LogP contribution >= 0.6 is 0 Å². The van der Waals surface area contributed by atoms with Gasteiger partial charge in [-0.1, -0.05) is 54.6 Å². The molecule has 0 radical (unpaired) electrons. The Kier molecular flexibility index (Phi) is 5.63. The first-order chi connectivity index (χ1) is 16.5. The second-order valence-electron chi connectivity index (χ2n) is 8.03. The van der Waals surface area contributed by atoms with Gasteiger partial charge in [0, 0.05) is 5.92 Å². The Hall–Kier alpha value is -4.33. The van der Waals surface area contributed by atoms with Crippen LogP contribution in [0.2, 0.25) is 0 Å². The highest BCUT2D eigenvalue weighted by Gasteiger charge is 2.30. The topological polar surface area (TPSA) is 105 Å². The van der Waals surface area contributed by atoms with Crippen molar-refractivity contribution in [2.24, 2.45) is 0 Å². The minimum absolute atomic E-state index is 0.0144. The Bertz CT molecular complexity index is 1240. The fourth-order valence-corrected chi connectivity index (χ4v) is 4.57. The third-order valence-corrected chi connectivity index (χ3v) is 6.11. The van der Waals surface area contributed by atoms with Crippen molar-refractivity contribution in [1.82, 2.24) is 5.32 Å². The number of nitrogens with one attached hydrogen (secondary N) is 1. The number of alkyl carbamates (subject to hydrolysis) is 1. The molecule has 1 heterocycles. The van der Waals surface area contributed by atoms with Gasteiger partial charge in [-0.15, -0.1) is 0 Å². The highest BCUT2D eigenvalue weighted by molar-refractivity contribution is 6.01. The molecule has 0 saturated heterocycles. The summed E-state index contributed by atoms with van der Waals surface area (Å²) in [4.78, 5) is 38.0. The molecule has 1 aliphatic carbocycles. The van der Waals surface area contributed by atoms with Crippen LogP contribution < -0.4 is 15.0 Å². The Labute approximate surface area is 195 Å². The Morgan fingerprint density at radius 1 is 0.971 bits per heavy atom. The molecule has 5 rings (SSSR count). The minimum Gasteiger partial charge on any atom is -0.489 e. The van der Waals surface area contributed by atoms with E-state index >= 15 is 0 Å². The van der Waals surface area contributed by atoms with Gasteiger partial charge >= 0.3 is 12.1 Å². The zero-order valence-corrected chi connectivity index (χ0v) is 18.2. The second-order valence-corrected chi connectivity index (χ2v) is 8.03. The standard InChI is InChI=1S/C26H22N2O6/c29-23(28-12-13-33-24-20(25(30)31)10-5-11-22(24)28)14-27-26(32)34-15-21-18-8-3-1-6-16(18)17-7-2-4-9-19(17)21/h1-11,21H,12-15H2,(H,27,32)(H,30,31). The van der Waals surface area contributed by atoms with Gasteiger partial charge in [-0.2, -0.15) is 0 Å². The van der Waals surface area contributed by atoms with Crippen molar-refractivity contribution >= 4 is 23.7 Å². The zero-order chi connectivity index (χ0) is 23.7. The van der Waals surface area contributed by atoms with E-state index in [1.807, 2.05) is 36.4 Å². The lowest BCUT2D eigenvalue weighted by Crippen LogP contribution is -2.44. The van der Waals surface area contributed by atoms with Gasteiger partial charge in [-0.05, 0) is 34.4 Å². The zero-order valence-electron chi connectivity index (χ0n) is 18.2. The summed E-state index contributed by atoms with van der Waals surface area (Å²) < 4.78 is 11.0. The summed E-state index contributed by atoms with van der Waals surface area (Å²) in [5.41, 5.74) is 4.83. The summed E-state index contributed by atoms with van der Waals surface area (Å²) in [6.45, 7) is 0.277. The van der Waals surface area contributed by atoms with E-state index in [0.717, 1.165) is 22.3 Å². The second kappa shape index (κ2) is 8.90. The number of benzene rings is 3.